The van der Waals surface area contributed by atoms with E-state index >= 15 is 0 Å². The molecule has 82 valence electrons. The molecule has 0 spiro atoms. The summed E-state index contributed by atoms with van der Waals surface area (Å²) in [5.41, 5.74) is 0. The molecular weight excluding hydrogens is 322 g/mol. The Bertz CT molecular complexity index is 315. The van der Waals surface area contributed by atoms with Gasteiger partial charge < -0.3 is 4.90 Å². The second kappa shape index (κ2) is 5.25. The van der Waals surface area contributed by atoms with Crippen LogP contribution >= 0.6 is 31.9 Å². The summed E-state index contributed by atoms with van der Waals surface area (Å²) in [6.45, 7) is 2.14. The molecule has 2 heterocycles. The fourth-order valence-electron chi connectivity index (χ4n) is 1.79. The van der Waals surface area contributed by atoms with E-state index in [0.717, 1.165) is 28.2 Å². The zero-order valence-electron chi connectivity index (χ0n) is 8.42. The van der Waals surface area contributed by atoms with Crippen molar-refractivity contribution in [1.29, 1.82) is 0 Å². The standard InChI is InChI=1S/C10H13Br2N3/c11-8-7-9(12)14-10(13-8)15-5-3-1-2-4-6-15/h7H,1-6H2. The molecule has 2 rings (SSSR count). The number of hydrogen-bond donors (Lipinski definition) is 0. The van der Waals surface area contributed by atoms with Gasteiger partial charge in [-0.25, -0.2) is 9.97 Å². The van der Waals surface area contributed by atoms with E-state index in [1.807, 2.05) is 6.07 Å². The quantitative estimate of drug-likeness (QED) is 0.737. The first-order valence-electron chi connectivity index (χ1n) is 5.21. The highest BCUT2D eigenvalue weighted by Crippen LogP contribution is 2.20. The normalized spacial score (nSPS) is 17.6. The van der Waals surface area contributed by atoms with Crippen LogP contribution in [0.25, 0.3) is 0 Å². The number of halogens is 2. The van der Waals surface area contributed by atoms with Gasteiger partial charge in [0, 0.05) is 19.2 Å². The third kappa shape index (κ3) is 3.14. The third-order valence-corrected chi connectivity index (χ3v) is 3.35. The van der Waals surface area contributed by atoms with Gasteiger partial charge in [-0.3, -0.25) is 0 Å². The van der Waals surface area contributed by atoms with Crippen molar-refractivity contribution in [3.8, 4) is 0 Å². The van der Waals surface area contributed by atoms with Crippen molar-refractivity contribution in [2.24, 2.45) is 0 Å². The molecule has 0 saturated carbocycles. The molecule has 1 aromatic rings. The van der Waals surface area contributed by atoms with Crippen LogP contribution in [0.4, 0.5) is 5.95 Å². The predicted octanol–water partition coefficient (Wildman–Crippen LogP) is 3.38. The first kappa shape index (κ1) is 11.3. The molecular formula is C10H13Br2N3. The molecule has 15 heavy (non-hydrogen) atoms. The van der Waals surface area contributed by atoms with Crippen LogP contribution < -0.4 is 4.90 Å². The van der Waals surface area contributed by atoms with Gasteiger partial charge in [0.1, 0.15) is 9.21 Å². The molecule has 0 aromatic carbocycles. The van der Waals surface area contributed by atoms with Gasteiger partial charge in [0.15, 0.2) is 0 Å². The third-order valence-electron chi connectivity index (χ3n) is 2.54. The number of anilines is 1. The van der Waals surface area contributed by atoms with Gasteiger partial charge in [0.05, 0.1) is 0 Å². The SMILES string of the molecule is Brc1cc(Br)nc(N2CCCCCC2)n1. The Hall–Kier alpha value is -0.160. The monoisotopic (exact) mass is 333 g/mol. The minimum absolute atomic E-state index is 0.832. The Balaban J connectivity index is 2.19. The lowest BCUT2D eigenvalue weighted by Crippen LogP contribution is -2.26. The fourth-order valence-corrected chi connectivity index (χ4v) is 2.85. The van der Waals surface area contributed by atoms with Gasteiger partial charge in [0.25, 0.3) is 0 Å². The summed E-state index contributed by atoms with van der Waals surface area (Å²) in [7, 11) is 0. The molecule has 1 saturated heterocycles. The minimum atomic E-state index is 0.832. The van der Waals surface area contributed by atoms with Crippen molar-refractivity contribution in [3.63, 3.8) is 0 Å². The van der Waals surface area contributed by atoms with Crippen molar-refractivity contribution in [1.82, 2.24) is 9.97 Å². The van der Waals surface area contributed by atoms with E-state index < -0.39 is 0 Å². The van der Waals surface area contributed by atoms with Crippen molar-refractivity contribution < 1.29 is 0 Å². The fraction of sp³-hybridized carbons (Fsp3) is 0.600. The molecule has 1 aromatic heterocycles. The van der Waals surface area contributed by atoms with Gasteiger partial charge in [-0.15, -0.1) is 0 Å². The first-order valence-corrected chi connectivity index (χ1v) is 6.79. The first-order chi connectivity index (χ1) is 7.25. The molecule has 0 radical (unpaired) electrons. The summed E-state index contributed by atoms with van der Waals surface area (Å²) < 4.78 is 1.67. The lowest BCUT2D eigenvalue weighted by Gasteiger charge is -2.20. The summed E-state index contributed by atoms with van der Waals surface area (Å²) in [5.74, 6) is 0.832. The molecule has 0 atom stereocenters. The summed E-state index contributed by atoms with van der Waals surface area (Å²) >= 11 is 6.78. The van der Waals surface area contributed by atoms with Crippen molar-refractivity contribution in [2.75, 3.05) is 18.0 Å². The van der Waals surface area contributed by atoms with E-state index in [0.29, 0.717) is 0 Å². The molecule has 1 fully saturated rings. The molecule has 0 N–H and O–H groups in total. The number of aromatic nitrogens is 2. The summed E-state index contributed by atoms with van der Waals surface area (Å²) in [4.78, 5) is 11.1. The molecule has 5 heteroatoms. The van der Waals surface area contributed by atoms with Crippen LogP contribution in [-0.4, -0.2) is 23.1 Å². The highest BCUT2D eigenvalue weighted by atomic mass is 79.9. The smallest absolute Gasteiger partial charge is 0.227 e. The summed E-state index contributed by atoms with van der Waals surface area (Å²) in [5, 5.41) is 0. The van der Waals surface area contributed by atoms with Crippen LogP contribution in [-0.2, 0) is 0 Å². The van der Waals surface area contributed by atoms with Gasteiger partial charge in [-0.2, -0.15) is 0 Å². The lowest BCUT2D eigenvalue weighted by atomic mass is 10.2. The minimum Gasteiger partial charge on any atom is -0.341 e. The maximum atomic E-state index is 4.40. The largest absolute Gasteiger partial charge is 0.341 e. The van der Waals surface area contributed by atoms with Crippen LogP contribution in [0.15, 0.2) is 15.3 Å². The van der Waals surface area contributed by atoms with Crippen molar-refractivity contribution >= 4 is 37.8 Å². The van der Waals surface area contributed by atoms with Gasteiger partial charge in [0.2, 0.25) is 5.95 Å². The molecule has 0 aliphatic carbocycles. The number of rotatable bonds is 1. The molecule has 1 aliphatic heterocycles. The van der Waals surface area contributed by atoms with Gasteiger partial charge in [-0.1, -0.05) is 12.8 Å². The van der Waals surface area contributed by atoms with E-state index in [9.17, 15) is 0 Å². The molecule has 0 unspecified atom stereocenters. The zero-order chi connectivity index (χ0) is 10.7. The average molecular weight is 335 g/mol. The topological polar surface area (TPSA) is 29.0 Å². The lowest BCUT2D eigenvalue weighted by molar-refractivity contribution is 0.726. The summed E-state index contributed by atoms with van der Waals surface area (Å²) in [6, 6.07) is 1.86. The molecule has 1 aliphatic rings. The second-order valence-electron chi connectivity index (χ2n) is 3.71. The average Bonchev–Trinajstić information content (AvgIpc) is 2.43. The zero-order valence-corrected chi connectivity index (χ0v) is 11.6. The van der Waals surface area contributed by atoms with E-state index in [2.05, 4.69) is 46.7 Å². The number of hydrogen-bond acceptors (Lipinski definition) is 3. The second-order valence-corrected chi connectivity index (χ2v) is 5.34. The van der Waals surface area contributed by atoms with Crippen LogP contribution in [0.3, 0.4) is 0 Å². The van der Waals surface area contributed by atoms with Gasteiger partial charge in [-0.05, 0) is 44.7 Å². The van der Waals surface area contributed by atoms with E-state index in [4.69, 9.17) is 0 Å². The van der Waals surface area contributed by atoms with Gasteiger partial charge >= 0.3 is 0 Å². The molecule has 0 bridgehead atoms. The Labute approximate surface area is 107 Å². The van der Waals surface area contributed by atoms with Crippen molar-refractivity contribution in [3.05, 3.63) is 15.3 Å². The van der Waals surface area contributed by atoms with E-state index in [1.54, 1.807) is 0 Å². The van der Waals surface area contributed by atoms with E-state index in [-0.39, 0.29) is 0 Å². The van der Waals surface area contributed by atoms with E-state index in [1.165, 1.54) is 25.7 Å². The highest BCUT2D eigenvalue weighted by Gasteiger charge is 2.13. The maximum absolute atomic E-state index is 4.40. The molecule has 0 amide bonds. The Morgan fingerprint density at radius 1 is 0.933 bits per heavy atom. The van der Waals surface area contributed by atoms with Crippen molar-refractivity contribution in [2.45, 2.75) is 25.7 Å². The Morgan fingerprint density at radius 3 is 2.00 bits per heavy atom. The van der Waals surface area contributed by atoms with Crippen LogP contribution in [0.5, 0.6) is 0 Å². The van der Waals surface area contributed by atoms with Crippen LogP contribution in [0.2, 0.25) is 0 Å². The van der Waals surface area contributed by atoms with Crippen LogP contribution in [0.1, 0.15) is 25.7 Å². The molecule has 3 nitrogen and oxygen atoms in total. The van der Waals surface area contributed by atoms with Crippen LogP contribution in [0, 0.1) is 0 Å². The highest BCUT2D eigenvalue weighted by molar-refractivity contribution is 9.11. The predicted molar refractivity (Wildman–Crippen MR) is 68.1 cm³/mol. The summed E-state index contributed by atoms with van der Waals surface area (Å²) in [6.07, 6.45) is 5.14. The Morgan fingerprint density at radius 2 is 1.47 bits per heavy atom. The number of nitrogens with zero attached hydrogens (tertiary/aromatic N) is 3. The maximum Gasteiger partial charge on any atom is 0.227 e. The Kier molecular flexibility index (Phi) is 3.97.